The minimum atomic E-state index is -3.66. The zero-order chi connectivity index (χ0) is 17.6. The summed E-state index contributed by atoms with van der Waals surface area (Å²) in [6.45, 7) is 3.65. The van der Waals surface area contributed by atoms with Gasteiger partial charge in [-0.15, -0.1) is 12.4 Å². The van der Waals surface area contributed by atoms with Crippen LogP contribution in [0.4, 0.5) is 0 Å². The summed E-state index contributed by atoms with van der Waals surface area (Å²) in [5, 5.41) is 4.62. The van der Waals surface area contributed by atoms with E-state index in [4.69, 9.17) is 0 Å². The van der Waals surface area contributed by atoms with Crippen molar-refractivity contribution in [2.45, 2.75) is 36.1 Å². The van der Waals surface area contributed by atoms with Crippen LogP contribution in [0.25, 0.3) is 5.65 Å². The van der Waals surface area contributed by atoms with Gasteiger partial charge in [0.1, 0.15) is 4.90 Å². The highest BCUT2D eigenvalue weighted by atomic mass is 35.5. The molecule has 6 nitrogen and oxygen atoms in total. The van der Waals surface area contributed by atoms with E-state index in [1.54, 1.807) is 41.0 Å². The van der Waals surface area contributed by atoms with Crippen LogP contribution >= 0.6 is 12.4 Å². The van der Waals surface area contributed by atoms with Crippen LogP contribution in [0.3, 0.4) is 0 Å². The number of hydrogen-bond donors (Lipinski definition) is 0. The Bertz CT molecular complexity index is 1050. The third kappa shape index (κ3) is 2.90. The van der Waals surface area contributed by atoms with E-state index in [-0.39, 0.29) is 22.2 Å². The SMILES string of the molecule is CCc1nn2c3c(cnc2c1S(=O)(=O)c1ccccc1)CN(C)CC3.Cl. The van der Waals surface area contributed by atoms with E-state index in [1.807, 2.05) is 6.92 Å². The van der Waals surface area contributed by atoms with Crippen molar-refractivity contribution in [3.8, 4) is 0 Å². The zero-order valence-corrected chi connectivity index (χ0v) is 16.3. The lowest BCUT2D eigenvalue weighted by molar-refractivity contribution is 0.307. The highest BCUT2D eigenvalue weighted by molar-refractivity contribution is 7.91. The average molecular weight is 393 g/mol. The molecule has 0 saturated heterocycles. The van der Waals surface area contributed by atoms with Gasteiger partial charge in [0.05, 0.1) is 16.3 Å². The normalized spacial score (nSPS) is 14.8. The van der Waals surface area contributed by atoms with Crippen molar-refractivity contribution < 1.29 is 8.42 Å². The molecule has 26 heavy (non-hydrogen) atoms. The van der Waals surface area contributed by atoms with Crippen molar-refractivity contribution in [2.24, 2.45) is 0 Å². The average Bonchev–Trinajstić information content (AvgIpc) is 3.02. The number of sulfone groups is 1. The fraction of sp³-hybridized carbons (Fsp3) is 0.333. The number of benzene rings is 1. The fourth-order valence-corrected chi connectivity index (χ4v) is 5.01. The number of fused-ring (bicyclic) bond motifs is 3. The van der Waals surface area contributed by atoms with E-state index in [2.05, 4.69) is 22.0 Å². The summed E-state index contributed by atoms with van der Waals surface area (Å²) in [5.41, 5.74) is 3.18. The number of likely N-dealkylation sites (N-methyl/N-ethyl adjacent to an activating group) is 1. The van der Waals surface area contributed by atoms with Crippen LogP contribution in [-0.4, -0.2) is 41.5 Å². The third-order valence-electron chi connectivity index (χ3n) is 4.68. The highest BCUT2D eigenvalue weighted by Gasteiger charge is 2.29. The van der Waals surface area contributed by atoms with Gasteiger partial charge in [0, 0.05) is 31.3 Å². The first-order valence-corrected chi connectivity index (χ1v) is 9.87. The van der Waals surface area contributed by atoms with Gasteiger partial charge in [0.15, 0.2) is 5.65 Å². The molecular formula is C18H21ClN4O2S. The Kier molecular flexibility index (Phi) is 5.05. The molecule has 138 valence electrons. The van der Waals surface area contributed by atoms with Gasteiger partial charge in [0.2, 0.25) is 9.84 Å². The second-order valence-electron chi connectivity index (χ2n) is 6.40. The minimum Gasteiger partial charge on any atom is -0.302 e. The molecule has 1 aliphatic heterocycles. The molecule has 3 heterocycles. The molecule has 8 heteroatoms. The van der Waals surface area contributed by atoms with Crippen molar-refractivity contribution in [3.63, 3.8) is 0 Å². The first-order chi connectivity index (χ1) is 12.0. The Labute approximate surface area is 159 Å². The van der Waals surface area contributed by atoms with Crippen molar-refractivity contribution in [2.75, 3.05) is 13.6 Å². The van der Waals surface area contributed by atoms with Crippen LogP contribution in [-0.2, 0) is 29.2 Å². The summed E-state index contributed by atoms with van der Waals surface area (Å²) in [6, 6.07) is 8.50. The van der Waals surface area contributed by atoms with Crippen molar-refractivity contribution in [1.82, 2.24) is 19.5 Å². The highest BCUT2D eigenvalue weighted by Crippen LogP contribution is 2.29. The molecule has 0 N–H and O–H groups in total. The van der Waals surface area contributed by atoms with E-state index in [0.29, 0.717) is 17.8 Å². The Hall–Kier alpha value is -1.96. The Morgan fingerprint density at radius 3 is 2.62 bits per heavy atom. The lowest BCUT2D eigenvalue weighted by Gasteiger charge is -2.24. The minimum absolute atomic E-state index is 0. The Morgan fingerprint density at radius 2 is 1.92 bits per heavy atom. The van der Waals surface area contributed by atoms with Crippen LogP contribution < -0.4 is 0 Å². The molecular weight excluding hydrogens is 372 g/mol. The second-order valence-corrected chi connectivity index (χ2v) is 8.29. The maximum atomic E-state index is 13.2. The molecule has 2 aromatic heterocycles. The topological polar surface area (TPSA) is 67.6 Å². The molecule has 0 saturated carbocycles. The number of rotatable bonds is 3. The molecule has 0 amide bonds. The predicted octanol–water partition coefficient (Wildman–Crippen LogP) is 2.53. The van der Waals surface area contributed by atoms with Gasteiger partial charge in [-0.25, -0.2) is 17.9 Å². The quantitative estimate of drug-likeness (QED) is 0.685. The molecule has 1 aliphatic rings. The maximum Gasteiger partial charge on any atom is 0.212 e. The molecule has 0 aliphatic carbocycles. The number of aryl methyl sites for hydroxylation is 1. The summed E-state index contributed by atoms with van der Waals surface area (Å²) in [5.74, 6) is 0. The summed E-state index contributed by atoms with van der Waals surface area (Å²) < 4.78 is 28.2. The number of hydrogen-bond acceptors (Lipinski definition) is 5. The maximum absolute atomic E-state index is 13.2. The molecule has 0 radical (unpaired) electrons. The van der Waals surface area contributed by atoms with Crippen molar-refractivity contribution >= 4 is 27.9 Å². The summed E-state index contributed by atoms with van der Waals surface area (Å²) in [4.78, 5) is 7.22. The third-order valence-corrected chi connectivity index (χ3v) is 6.53. The molecule has 0 atom stereocenters. The molecule has 0 bridgehead atoms. The van der Waals surface area contributed by atoms with Crippen LogP contribution in [0.5, 0.6) is 0 Å². The number of aromatic nitrogens is 3. The van der Waals surface area contributed by atoms with E-state index in [1.165, 1.54) is 0 Å². The first kappa shape index (κ1) is 18.8. The van der Waals surface area contributed by atoms with Crippen molar-refractivity contribution in [1.29, 1.82) is 0 Å². The second kappa shape index (κ2) is 6.98. The van der Waals surface area contributed by atoms with E-state index in [0.717, 1.165) is 30.8 Å². The smallest absolute Gasteiger partial charge is 0.212 e. The summed E-state index contributed by atoms with van der Waals surface area (Å²) in [6.07, 6.45) is 3.17. The number of halogens is 1. The fourth-order valence-electron chi connectivity index (χ4n) is 3.38. The van der Waals surface area contributed by atoms with Gasteiger partial charge in [-0.05, 0) is 25.6 Å². The number of nitrogens with zero attached hydrogens (tertiary/aromatic N) is 4. The molecule has 0 spiro atoms. The van der Waals surface area contributed by atoms with Crippen LogP contribution in [0.2, 0.25) is 0 Å². The van der Waals surface area contributed by atoms with Crippen LogP contribution in [0, 0.1) is 0 Å². The van der Waals surface area contributed by atoms with Crippen LogP contribution in [0.1, 0.15) is 23.9 Å². The van der Waals surface area contributed by atoms with Gasteiger partial charge in [-0.1, -0.05) is 25.1 Å². The van der Waals surface area contributed by atoms with Gasteiger partial charge >= 0.3 is 0 Å². The summed E-state index contributed by atoms with van der Waals surface area (Å²) >= 11 is 0. The van der Waals surface area contributed by atoms with E-state index in [9.17, 15) is 8.42 Å². The Morgan fingerprint density at radius 1 is 1.19 bits per heavy atom. The first-order valence-electron chi connectivity index (χ1n) is 8.39. The molecule has 1 aromatic carbocycles. The standard InChI is InChI=1S/C18H20N4O2S.ClH/c1-3-15-17(25(23,24)14-7-5-4-6-8-14)18-19-11-13-12-21(2)10-9-16(13)22(18)20-15;/h4-8,11H,3,9-10,12H2,1-2H3;1H. The summed E-state index contributed by atoms with van der Waals surface area (Å²) in [7, 11) is -1.59. The van der Waals surface area contributed by atoms with Gasteiger partial charge in [0.25, 0.3) is 0 Å². The van der Waals surface area contributed by atoms with Crippen molar-refractivity contribution in [3.05, 3.63) is 53.5 Å². The van der Waals surface area contributed by atoms with Gasteiger partial charge in [-0.3, -0.25) is 0 Å². The van der Waals surface area contributed by atoms with Gasteiger partial charge < -0.3 is 4.90 Å². The molecule has 0 fully saturated rings. The lowest BCUT2D eigenvalue weighted by Crippen LogP contribution is -2.28. The van der Waals surface area contributed by atoms with Gasteiger partial charge in [-0.2, -0.15) is 5.10 Å². The van der Waals surface area contributed by atoms with E-state index >= 15 is 0 Å². The largest absolute Gasteiger partial charge is 0.302 e. The van der Waals surface area contributed by atoms with Crippen LogP contribution in [0.15, 0.2) is 46.3 Å². The molecule has 3 aromatic rings. The predicted molar refractivity (Wildman–Crippen MR) is 102 cm³/mol. The monoisotopic (exact) mass is 392 g/mol. The van der Waals surface area contributed by atoms with E-state index < -0.39 is 9.84 Å². The molecule has 0 unspecified atom stereocenters. The molecule has 4 rings (SSSR count). The Balaban J connectivity index is 0.00000196. The zero-order valence-electron chi connectivity index (χ0n) is 14.7. The lowest BCUT2D eigenvalue weighted by atomic mass is 10.1.